The Morgan fingerprint density at radius 2 is 2.14 bits per heavy atom. The Kier molecular flexibility index (Phi) is 4.29. The summed E-state index contributed by atoms with van der Waals surface area (Å²) in [6, 6.07) is 11.3. The van der Waals surface area contributed by atoms with E-state index in [0.29, 0.717) is 17.8 Å². The maximum absolute atomic E-state index is 12.2. The standard InChI is InChI=1S/C16H18N4O/c1-3-15-13(18)8-12(9-17)20(15)10-16(21)19-14-7-5-4-6-11(14)2/h4-8H,3,10,18H2,1-2H3,(H,19,21). The van der Waals surface area contributed by atoms with Crippen LogP contribution in [0.15, 0.2) is 30.3 Å². The van der Waals surface area contributed by atoms with Crippen LogP contribution in [0.2, 0.25) is 0 Å². The van der Waals surface area contributed by atoms with E-state index in [1.165, 1.54) is 0 Å². The lowest BCUT2D eigenvalue weighted by molar-refractivity contribution is -0.116. The van der Waals surface area contributed by atoms with Crippen molar-refractivity contribution in [2.24, 2.45) is 0 Å². The lowest BCUT2D eigenvalue weighted by atomic mass is 10.2. The first kappa shape index (κ1) is 14.7. The van der Waals surface area contributed by atoms with Gasteiger partial charge in [-0.25, -0.2) is 0 Å². The molecule has 0 saturated carbocycles. The van der Waals surface area contributed by atoms with Gasteiger partial charge in [0.25, 0.3) is 0 Å². The van der Waals surface area contributed by atoms with Crippen molar-refractivity contribution < 1.29 is 4.79 Å². The molecule has 0 atom stereocenters. The first-order chi connectivity index (χ1) is 10.1. The fourth-order valence-electron chi connectivity index (χ4n) is 2.32. The summed E-state index contributed by atoms with van der Waals surface area (Å²) in [5.41, 5.74) is 9.42. The Bertz CT molecular complexity index is 710. The van der Waals surface area contributed by atoms with Crippen molar-refractivity contribution in [2.45, 2.75) is 26.8 Å². The number of nitriles is 1. The van der Waals surface area contributed by atoms with Crippen molar-refractivity contribution >= 4 is 17.3 Å². The third-order valence-electron chi connectivity index (χ3n) is 3.41. The van der Waals surface area contributed by atoms with E-state index in [-0.39, 0.29) is 12.5 Å². The fraction of sp³-hybridized carbons (Fsp3) is 0.250. The summed E-state index contributed by atoms with van der Waals surface area (Å²) in [6.07, 6.45) is 0.672. The van der Waals surface area contributed by atoms with Gasteiger partial charge in [-0.3, -0.25) is 4.79 Å². The van der Waals surface area contributed by atoms with Gasteiger partial charge < -0.3 is 15.6 Å². The van der Waals surface area contributed by atoms with Crippen molar-refractivity contribution in [1.82, 2.24) is 4.57 Å². The number of benzene rings is 1. The largest absolute Gasteiger partial charge is 0.397 e. The zero-order valence-electron chi connectivity index (χ0n) is 12.2. The van der Waals surface area contributed by atoms with Crippen molar-refractivity contribution in [3.8, 4) is 6.07 Å². The van der Waals surface area contributed by atoms with Crippen molar-refractivity contribution in [3.63, 3.8) is 0 Å². The molecule has 21 heavy (non-hydrogen) atoms. The number of rotatable bonds is 4. The van der Waals surface area contributed by atoms with Crippen LogP contribution in [0.1, 0.15) is 23.9 Å². The molecule has 1 aromatic heterocycles. The molecule has 0 aliphatic heterocycles. The quantitative estimate of drug-likeness (QED) is 0.903. The minimum absolute atomic E-state index is 0.0810. The Balaban J connectivity index is 2.21. The van der Waals surface area contributed by atoms with Crippen LogP contribution < -0.4 is 11.1 Å². The molecule has 1 aromatic carbocycles. The molecule has 0 bridgehead atoms. The van der Waals surface area contributed by atoms with Crippen LogP contribution in [-0.4, -0.2) is 10.5 Å². The van der Waals surface area contributed by atoms with Gasteiger partial charge in [-0.2, -0.15) is 5.26 Å². The number of nitrogen functional groups attached to an aromatic ring is 1. The molecule has 5 heteroatoms. The molecular weight excluding hydrogens is 264 g/mol. The molecule has 0 saturated heterocycles. The summed E-state index contributed by atoms with van der Waals surface area (Å²) in [6.45, 7) is 3.96. The fourth-order valence-corrected chi connectivity index (χ4v) is 2.32. The van der Waals surface area contributed by atoms with Crippen LogP contribution in [0.4, 0.5) is 11.4 Å². The van der Waals surface area contributed by atoms with Gasteiger partial charge in [0.05, 0.1) is 5.69 Å². The van der Waals surface area contributed by atoms with Gasteiger partial charge >= 0.3 is 0 Å². The number of hydrogen-bond donors (Lipinski definition) is 2. The van der Waals surface area contributed by atoms with Crippen LogP contribution in [0.3, 0.4) is 0 Å². The lowest BCUT2D eigenvalue weighted by Crippen LogP contribution is -2.21. The maximum Gasteiger partial charge on any atom is 0.244 e. The SMILES string of the molecule is CCc1c(N)cc(C#N)n1CC(=O)Nc1ccccc1C. The minimum Gasteiger partial charge on any atom is -0.397 e. The number of nitrogens with zero attached hydrogens (tertiary/aromatic N) is 2. The summed E-state index contributed by atoms with van der Waals surface area (Å²) < 4.78 is 1.67. The van der Waals surface area contributed by atoms with E-state index in [2.05, 4.69) is 11.4 Å². The van der Waals surface area contributed by atoms with Gasteiger partial charge in [-0.05, 0) is 31.0 Å². The average molecular weight is 282 g/mol. The highest BCUT2D eigenvalue weighted by Gasteiger charge is 2.14. The third kappa shape index (κ3) is 3.06. The van der Waals surface area contributed by atoms with Crippen LogP contribution in [0, 0.1) is 18.3 Å². The van der Waals surface area contributed by atoms with Gasteiger partial charge in [0, 0.05) is 11.4 Å². The molecule has 2 rings (SSSR count). The van der Waals surface area contributed by atoms with E-state index in [0.717, 1.165) is 16.9 Å². The molecular formula is C16H18N4O. The van der Waals surface area contributed by atoms with Crippen LogP contribution in [0.5, 0.6) is 0 Å². The zero-order valence-corrected chi connectivity index (χ0v) is 12.2. The number of carbonyl (C=O) groups is 1. The van der Waals surface area contributed by atoms with Crippen molar-refractivity contribution in [3.05, 3.63) is 47.3 Å². The summed E-state index contributed by atoms with van der Waals surface area (Å²) in [5, 5.41) is 12.0. The number of nitrogens with two attached hydrogens (primary N) is 1. The van der Waals surface area contributed by atoms with E-state index < -0.39 is 0 Å². The number of hydrogen-bond acceptors (Lipinski definition) is 3. The van der Waals surface area contributed by atoms with Gasteiger partial charge in [-0.1, -0.05) is 25.1 Å². The van der Waals surface area contributed by atoms with Crippen molar-refractivity contribution in [2.75, 3.05) is 11.1 Å². The number of aromatic nitrogens is 1. The molecule has 2 aromatic rings. The van der Waals surface area contributed by atoms with Gasteiger partial charge in [-0.15, -0.1) is 0 Å². The number of nitrogens with one attached hydrogen (secondary N) is 1. The molecule has 0 aliphatic rings. The second kappa shape index (κ2) is 6.14. The Morgan fingerprint density at radius 3 is 2.76 bits per heavy atom. The molecule has 5 nitrogen and oxygen atoms in total. The number of carbonyl (C=O) groups excluding carboxylic acids is 1. The number of aryl methyl sites for hydroxylation is 1. The van der Waals surface area contributed by atoms with Gasteiger partial charge in [0.15, 0.2) is 0 Å². The predicted molar refractivity (Wildman–Crippen MR) is 82.7 cm³/mol. The molecule has 1 amide bonds. The predicted octanol–water partition coefficient (Wildman–Crippen LogP) is 2.45. The van der Waals surface area contributed by atoms with Crippen LogP contribution >= 0.6 is 0 Å². The highest BCUT2D eigenvalue weighted by Crippen LogP contribution is 2.19. The average Bonchev–Trinajstić information content (AvgIpc) is 2.76. The summed E-state index contributed by atoms with van der Waals surface area (Å²) >= 11 is 0. The molecule has 0 spiro atoms. The lowest BCUT2D eigenvalue weighted by Gasteiger charge is -2.12. The monoisotopic (exact) mass is 282 g/mol. The van der Waals surface area contributed by atoms with E-state index in [4.69, 9.17) is 11.0 Å². The highest BCUT2D eigenvalue weighted by atomic mass is 16.1. The Morgan fingerprint density at radius 1 is 1.43 bits per heavy atom. The first-order valence-corrected chi connectivity index (χ1v) is 6.80. The number of para-hydroxylation sites is 1. The van der Waals surface area contributed by atoms with E-state index in [9.17, 15) is 4.79 Å². The minimum atomic E-state index is -0.175. The normalized spacial score (nSPS) is 10.1. The molecule has 0 fully saturated rings. The summed E-state index contributed by atoms with van der Waals surface area (Å²) in [5.74, 6) is -0.175. The number of anilines is 2. The zero-order chi connectivity index (χ0) is 15.4. The van der Waals surface area contributed by atoms with Gasteiger partial charge in [0.2, 0.25) is 5.91 Å². The van der Waals surface area contributed by atoms with E-state index in [1.54, 1.807) is 10.6 Å². The highest BCUT2D eigenvalue weighted by molar-refractivity contribution is 5.91. The van der Waals surface area contributed by atoms with Crippen LogP contribution in [-0.2, 0) is 17.8 Å². The second-order valence-corrected chi connectivity index (χ2v) is 4.85. The number of amides is 1. The molecule has 3 N–H and O–H groups in total. The van der Waals surface area contributed by atoms with Gasteiger partial charge in [0.1, 0.15) is 18.3 Å². The molecule has 1 heterocycles. The van der Waals surface area contributed by atoms with Crippen molar-refractivity contribution in [1.29, 1.82) is 5.26 Å². The topological polar surface area (TPSA) is 83.8 Å². The van der Waals surface area contributed by atoms with E-state index in [1.807, 2.05) is 38.1 Å². The third-order valence-corrected chi connectivity index (χ3v) is 3.41. The van der Waals surface area contributed by atoms with E-state index >= 15 is 0 Å². The maximum atomic E-state index is 12.2. The second-order valence-electron chi connectivity index (χ2n) is 4.85. The molecule has 0 radical (unpaired) electrons. The summed E-state index contributed by atoms with van der Waals surface area (Å²) in [4.78, 5) is 12.2. The van der Waals surface area contributed by atoms with Crippen LogP contribution in [0.25, 0.3) is 0 Å². The molecule has 0 aliphatic carbocycles. The molecule has 0 unspecified atom stereocenters. The Labute approximate surface area is 124 Å². The Hall–Kier alpha value is -2.74. The smallest absolute Gasteiger partial charge is 0.244 e. The first-order valence-electron chi connectivity index (χ1n) is 6.80. The summed E-state index contributed by atoms with van der Waals surface area (Å²) in [7, 11) is 0. The molecule has 108 valence electrons.